The molecule has 23 heavy (non-hydrogen) atoms. The van der Waals surface area contributed by atoms with Crippen molar-refractivity contribution in [2.24, 2.45) is 0 Å². The molecule has 1 fully saturated rings. The number of likely N-dealkylation sites (tertiary alicyclic amines) is 1. The van der Waals surface area contributed by atoms with Crippen molar-refractivity contribution in [3.63, 3.8) is 0 Å². The van der Waals surface area contributed by atoms with Gasteiger partial charge in [0, 0.05) is 23.2 Å². The standard InChI is InChI=1S/C18H21N3S2/c1-12-13(2)15(10-19)18(22)21(14(12)3)11-20-8-4-6-16(20)17-7-5-9-23-17/h5,7,9,16H,4,6,8,11H2,1-3H3/t16-/m1/s1. The first kappa shape index (κ1) is 16.4. The summed E-state index contributed by atoms with van der Waals surface area (Å²) in [5, 5.41) is 11.6. The largest absolute Gasteiger partial charge is 0.322 e. The van der Waals surface area contributed by atoms with Gasteiger partial charge in [-0.15, -0.1) is 11.3 Å². The van der Waals surface area contributed by atoms with Gasteiger partial charge in [-0.2, -0.15) is 5.26 Å². The number of aromatic nitrogens is 1. The molecule has 0 radical (unpaired) electrons. The lowest BCUT2D eigenvalue weighted by molar-refractivity contribution is 0.201. The zero-order valence-corrected chi connectivity index (χ0v) is 15.4. The fourth-order valence-electron chi connectivity index (χ4n) is 3.39. The van der Waals surface area contributed by atoms with Crippen LogP contribution in [0.4, 0.5) is 0 Å². The van der Waals surface area contributed by atoms with Crippen LogP contribution in [0.1, 0.15) is 46.1 Å². The van der Waals surface area contributed by atoms with E-state index < -0.39 is 0 Å². The van der Waals surface area contributed by atoms with Gasteiger partial charge in [0.05, 0.1) is 12.2 Å². The molecule has 1 aliphatic rings. The summed E-state index contributed by atoms with van der Waals surface area (Å²) in [7, 11) is 0. The van der Waals surface area contributed by atoms with Crippen LogP contribution >= 0.6 is 23.6 Å². The Morgan fingerprint density at radius 2 is 2.13 bits per heavy atom. The van der Waals surface area contributed by atoms with Crippen molar-refractivity contribution in [2.45, 2.75) is 46.3 Å². The normalized spacial score (nSPS) is 18.3. The first-order chi connectivity index (χ1) is 11.0. The highest BCUT2D eigenvalue weighted by molar-refractivity contribution is 7.71. The van der Waals surface area contributed by atoms with Gasteiger partial charge in [0.15, 0.2) is 0 Å². The molecule has 0 spiro atoms. The van der Waals surface area contributed by atoms with Crippen molar-refractivity contribution < 1.29 is 0 Å². The molecule has 1 aliphatic heterocycles. The summed E-state index contributed by atoms with van der Waals surface area (Å²) in [5.74, 6) is 0. The molecular formula is C18H21N3S2. The molecule has 0 saturated carbocycles. The molecule has 1 saturated heterocycles. The minimum absolute atomic E-state index is 0.475. The van der Waals surface area contributed by atoms with Crippen LogP contribution in [-0.2, 0) is 6.67 Å². The van der Waals surface area contributed by atoms with Gasteiger partial charge in [-0.1, -0.05) is 18.3 Å². The number of hydrogen-bond acceptors (Lipinski definition) is 4. The van der Waals surface area contributed by atoms with Gasteiger partial charge in [-0.25, -0.2) is 0 Å². The first-order valence-electron chi connectivity index (χ1n) is 7.92. The molecule has 0 aromatic carbocycles. The molecule has 3 rings (SSSR count). The molecule has 3 nitrogen and oxygen atoms in total. The van der Waals surface area contributed by atoms with Crippen molar-refractivity contribution in [3.8, 4) is 6.07 Å². The number of rotatable bonds is 3. The van der Waals surface area contributed by atoms with E-state index in [9.17, 15) is 5.26 Å². The summed E-state index contributed by atoms with van der Waals surface area (Å²) in [4.78, 5) is 3.92. The molecule has 3 heterocycles. The number of nitriles is 1. The maximum Gasteiger partial charge on any atom is 0.125 e. The van der Waals surface area contributed by atoms with E-state index in [1.54, 1.807) is 0 Å². The summed E-state index contributed by atoms with van der Waals surface area (Å²) in [6.07, 6.45) is 2.41. The molecular weight excluding hydrogens is 322 g/mol. The van der Waals surface area contributed by atoms with Crippen molar-refractivity contribution >= 4 is 23.6 Å². The molecule has 5 heteroatoms. The van der Waals surface area contributed by atoms with E-state index in [1.807, 2.05) is 18.3 Å². The van der Waals surface area contributed by atoms with Crippen LogP contribution in [0, 0.1) is 36.7 Å². The van der Waals surface area contributed by atoms with E-state index >= 15 is 0 Å². The zero-order chi connectivity index (χ0) is 16.6. The zero-order valence-electron chi connectivity index (χ0n) is 13.8. The van der Waals surface area contributed by atoms with Gasteiger partial charge in [-0.3, -0.25) is 4.90 Å². The van der Waals surface area contributed by atoms with Gasteiger partial charge in [0.1, 0.15) is 10.7 Å². The lowest BCUT2D eigenvalue weighted by Crippen LogP contribution is -2.28. The maximum absolute atomic E-state index is 9.46. The summed E-state index contributed by atoms with van der Waals surface area (Å²) in [6.45, 7) is 8.03. The molecule has 0 N–H and O–H groups in total. The summed E-state index contributed by atoms with van der Waals surface area (Å²) in [5.41, 5.74) is 4.00. The van der Waals surface area contributed by atoms with Gasteiger partial charge in [-0.05, 0) is 56.2 Å². The Morgan fingerprint density at radius 3 is 2.78 bits per heavy atom. The van der Waals surface area contributed by atoms with Crippen molar-refractivity contribution in [1.82, 2.24) is 9.47 Å². The molecule has 0 bridgehead atoms. The van der Waals surface area contributed by atoms with E-state index in [0.29, 0.717) is 16.2 Å². The van der Waals surface area contributed by atoms with Crippen molar-refractivity contribution in [3.05, 3.63) is 49.4 Å². The molecule has 2 aromatic rings. The van der Waals surface area contributed by atoms with Crippen LogP contribution in [0.3, 0.4) is 0 Å². The quantitative estimate of drug-likeness (QED) is 0.745. The summed E-state index contributed by atoms with van der Waals surface area (Å²) in [6, 6.07) is 7.11. The maximum atomic E-state index is 9.46. The first-order valence-corrected chi connectivity index (χ1v) is 9.21. The smallest absolute Gasteiger partial charge is 0.125 e. The predicted octanol–water partition coefficient (Wildman–Crippen LogP) is 4.87. The fourth-order valence-corrected chi connectivity index (χ4v) is 4.68. The molecule has 0 aliphatic carbocycles. The lowest BCUT2D eigenvalue weighted by atomic mass is 10.0. The SMILES string of the molecule is Cc1c(C)c(C)n(CN2CCC[C@@H]2c2cccs2)c(=S)c1C#N. The van der Waals surface area contributed by atoms with Crippen LogP contribution in [0.15, 0.2) is 17.5 Å². The van der Waals surface area contributed by atoms with E-state index in [2.05, 4.69) is 46.9 Å². The van der Waals surface area contributed by atoms with E-state index in [-0.39, 0.29) is 0 Å². The third kappa shape index (κ3) is 2.87. The minimum Gasteiger partial charge on any atom is -0.322 e. The predicted molar refractivity (Wildman–Crippen MR) is 97.2 cm³/mol. The van der Waals surface area contributed by atoms with E-state index in [1.165, 1.54) is 29.0 Å². The Balaban J connectivity index is 1.99. The topological polar surface area (TPSA) is 32.0 Å². The Bertz CT molecular complexity index is 812. The Kier molecular flexibility index (Phi) is 4.67. The highest BCUT2D eigenvalue weighted by Crippen LogP contribution is 2.35. The van der Waals surface area contributed by atoms with Crippen molar-refractivity contribution in [2.75, 3.05) is 6.54 Å². The van der Waals surface area contributed by atoms with Crippen molar-refractivity contribution in [1.29, 1.82) is 5.26 Å². The second-order valence-electron chi connectivity index (χ2n) is 6.18. The third-order valence-corrected chi connectivity index (χ3v) is 6.41. The van der Waals surface area contributed by atoms with Crippen LogP contribution in [0.2, 0.25) is 0 Å². The highest BCUT2D eigenvalue weighted by atomic mass is 32.1. The van der Waals surface area contributed by atoms with Crippen LogP contribution in [0.5, 0.6) is 0 Å². The van der Waals surface area contributed by atoms with E-state index in [0.717, 1.165) is 18.8 Å². The number of pyridine rings is 1. The van der Waals surface area contributed by atoms with Gasteiger partial charge in [0.25, 0.3) is 0 Å². The van der Waals surface area contributed by atoms with Gasteiger partial charge < -0.3 is 4.57 Å². The average molecular weight is 344 g/mol. The fraction of sp³-hybridized carbons (Fsp3) is 0.444. The summed E-state index contributed by atoms with van der Waals surface area (Å²) >= 11 is 7.44. The Hall–Kier alpha value is -1.48. The number of nitrogens with zero attached hydrogens (tertiary/aromatic N) is 3. The lowest BCUT2D eigenvalue weighted by Gasteiger charge is -2.27. The molecule has 0 amide bonds. The highest BCUT2D eigenvalue weighted by Gasteiger charge is 2.27. The van der Waals surface area contributed by atoms with Gasteiger partial charge >= 0.3 is 0 Å². The second-order valence-corrected chi connectivity index (χ2v) is 7.55. The number of thiophene rings is 1. The van der Waals surface area contributed by atoms with Crippen LogP contribution in [-0.4, -0.2) is 16.0 Å². The molecule has 0 unspecified atom stereocenters. The van der Waals surface area contributed by atoms with E-state index in [4.69, 9.17) is 12.2 Å². The molecule has 120 valence electrons. The Labute approximate surface area is 146 Å². The number of hydrogen-bond donors (Lipinski definition) is 0. The molecule has 1 atom stereocenters. The Morgan fingerprint density at radius 1 is 1.35 bits per heavy atom. The monoisotopic (exact) mass is 343 g/mol. The van der Waals surface area contributed by atoms with Gasteiger partial charge in [0.2, 0.25) is 0 Å². The van der Waals surface area contributed by atoms with Crippen LogP contribution in [0.25, 0.3) is 0 Å². The average Bonchev–Trinajstić information content (AvgIpc) is 3.21. The molecule has 2 aromatic heterocycles. The second kappa shape index (κ2) is 6.56. The summed E-state index contributed by atoms with van der Waals surface area (Å²) < 4.78 is 2.81. The minimum atomic E-state index is 0.475. The van der Waals surface area contributed by atoms with Crippen LogP contribution < -0.4 is 0 Å². The third-order valence-electron chi connectivity index (χ3n) is 5.01.